The van der Waals surface area contributed by atoms with Gasteiger partial charge in [-0.2, -0.15) is 0 Å². The Bertz CT molecular complexity index is 558. The summed E-state index contributed by atoms with van der Waals surface area (Å²) in [6.45, 7) is 2.00. The van der Waals surface area contributed by atoms with Crippen molar-refractivity contribution >= 4 is 5.57 Å². The highest BCUT2D eigenvalue weighted by Crippen LogP contribution is 2.22. The predicted molar refractivity (Wildman–Crippen MR) is 75.1 cm³/mol. The number of aromatic nitrogens is 1. The summed E-state index contributed by atoms with van der Waals surface area (Å²) in [6, 6.07) is 16.6. The van der Waals surface area contributed by atoms with Gasteiger partial charge in [0.05, 0.1) is 11.4 Å². The number of hydrogen-bond acceptors (Lipinski definition) is 2. The van der Waals surface area contributed by atoms with Crippen molar-refractivity contribution in [2.75, 3.05) is 13.1 Å². The first-order chi connectivity index (χ1) is 8.93. The molecule has 1 aliphatic heterocycles. The van der Waals surface area contributed by atoms with E-state index in [1.807, 2.05) is 18.2 Å². The van der Waals surface area contributed by atoms with E-state index in [4.69, 9.17) is 4.98 Å². The molecule has 90 valence electrons. The minimum Gasteiger partial charge on any atom is -0.313 e. The number of nitrogens with zero attached hydrogens (tertiary/aromatic N) is 1. The minimum absolute atomic E-state index is 0.951. The lowest BCUT2D eigenvalue weighted by Gasteiger charge is -2.14. The lowest BCUT2D eigenvalue weighted by Crippen LogP contribution is -2.20. The van der Waals surface area contributed by atoms with Crippen LogP contribution in [0.2, 0.25) is 0 Å². The van der Waals surface area contributed by atoms with Crippen LogP contribution in [0, 0.1) is 0 Å². The maximum atomic E-state index is 4.77. The quantitative estimate of drug-likeness (QED) is 0.866. The molecule has 1 aromatic carbocycles. The van der Waals surface area contributed by atoms with Crippen molar-refractivity contribution in [2.45, 2.75) is 6.42 Å². The molecule has 1 N–H and O–H groups in total. The van der Waals surface area contributed by atoms with Crippen molar-refractivity contribution in [1.29, 1.82) is 0 Å². The topological polar surface area (TPSA) is 24.9 Å². The number of nitrogens with one attached hydrogen (secondary N) is 1. The maximum Gasteiger partial charge on any atom is 0.0709 e. The molecular weight excluding hydrogens is 220 g/mol. The highest BCUT2D eigenvalue weighted by Gasteiger charge is 2.08. The normalized spacial score (nSPS) is 15.2. The van der Waals surface area contributed by atoms with Gasteiger partial charge in [0.1, 0.15) is 0 Å². The molecule has 2 heteroatoms. The van der Waals surface area contributed by atoms with Gasteiger partial charge in [-0.3, -0.25) is 0 Å². The van der Waals surface area contributed by atoms with Gasteiger partial charge >= 0.3 is 0 Å². The molecule has 0 spiro atoms. The Morgan fingerprint density at radius 1 is 0.889 bits per heavy atom. The Morgan fingerprint density at radius 2 is 1.72 bits per heavy atom. The molecule has 1 aliphatic rings. The molecule has 0 bridgehead atoms. The van der Waals surface area contributed by atoms with Crippen LogP contribution in [0.1, 0.15) is 12.1 Å². The Kier molecular flexibility index (Phi) is 3.20. The van der Waals surface area contributed by atoms with E-state index in [2.05, 4.69) is 41.7 Å². The average Bonchev–Trinajstić information content (AvgIpc) is 2.49. The second-order valence-electron chi connectivity index (χ2n) is 4.46. The maximum absolute atomic E-state index is 4.77. The number of pyridine rings is 1. The largest absolute Gasteiger partial charge is 0.313 e. The van der Waals surface area contributed by atoms with Crippen LogP contribution in [0.25, 0.3) is 16.8 Å². The summed E-state index contributed by atoms with van der Waals surface area (Å²) < 4.78 is 0. The summed E-state index contributed by atoms with van der Waals surface area (Å²) in [6.07, 6.45) is 3.30. The first-order valence-electron chi connectivity index (χ1n) is 6.36. The molecule has 0 amide bonds. The molecule has 0 aliphatic carbocycles. The van der Waals surface area contributed by atoms with E-state index < -0.39 is 0 Å². The zero-order valence-corrected chi connectivity index (χ0v) is 10.3. The number of benzene rings is 1. The molecule has 2 heterocycles. The summed E-state index contributed by atoms with van der Waals surface area (Å²) in [4.78, 5) is 4.77. The van der Waals surface area contributed by atoms with E-state index in [0.29, 0.717) is 0 Å². The molecule has 18 heavy (non-hydrogen) atoms. The van der Waals surface area contributed by atoms with Crippen molar-refractivity contribution in [3.05, 3.63) is 60.3 Å². The van der Waals surface area contributed by atoms with Crippen molar-refractivity contribution in [2.24, 2.45) is 0 Å². The summed E-state index contributed by atoms with van der Waals surface area (Å²) in [5, 5.41) is 3.33. The van der Waals surface area contributed by atoms with Gasteiger partial charge in [-0.05, 0) is 30.7 Å². The van der Waals surface area contributed by atoms with E-state index >= 15 is 0 Å². The van der Waals surface area contributed by atoms with Gasteiger partial charge in [-0.1, -0.05) is 42.5 Å². The van der Waals surface area contributed by atoms with Crippen LogP contribution >= 0.6 is 0 Å². The van der Waals surface area contributed by atoms with Crippen LogP contribution < -0.4 is 5.32 Å². The third kappa shape index (κ3) is 2.34. The van der Waals surface area contributed by atoms with Crippen molar-refractivity contribution in [3.63, 3.8) is 0 Å². The van der Waals surface area contributed by atoms with Crippen molar-refractivity contribution in [1.82, 2.24) is 10.3 Å². The van der Waals surface area contributed by atoms with Crippen LogP contribution in [-0.2, 0) is 0 Å². The van der Waals surface area contributed by atoms with E-state index in [1.54, 1.807) is 0 Å². The lowest BCUT2D eigenvalue weighted by atomic mass is 10.0. The highest BCUT2D eigenvalue weighted by atomic mass is 14.9. The summed E-state index contributed by atoms with van der Waals surface area (Å²) in [7, 11) is 0. The zero-order chi connectivity index (χ0) is 12.2. The van der Waals surface area contributed by atoms with Gasteiger partial charge in [0.25, 0.3) is 0 Å². The van der Waals surface area contributed by atoms with Gasteiger partial charge < -0.3 is 5.32 Å². The molecule has 2 nitrogen and oxygen atoms in total. The van der Waals surface area contributed by atoms with E-state index in [1.165, 1.54) is 11.1 Å². The molecule has 3 rings (SSSR count). The Morgan fingerprint density at radius 3 is 2.50 bits per heavy atom. The summed E-state index contributed by atoms with van der Waals surface area (Å²) in [5.74, 6) is 0. The number of rotatable bonds is 2. The molecule has 0 saturated carbocycles. The summed E-state index contributed by atoms with van der Waals surface area (Å²) in [5.41, 5.74) is 4.69. The van der Waals surface area contributed by atoms with Gasteiger partial charge in [-0.15, -0.1) is 0 Å². The van der Waals surface area contributed by atoms with Crippen LogP contribution in [-0.4, -0.2) is 18.1 Å². The predicted octanol–water partition coefficient (Wildman–Crippen LogP) is 3.13. The van der Waals surface area contributed by atoms with Gasteiger partial charge in [0, 0.05) is 12.1 Å². The SMILES string of the molecule is C1=C(c2cccc(-c3ccccc3)n2)CCNC1. The second kappa shape index (κ2) is 5.15. The van der Waals surface area contributed by atoms with Crippen molar-refractivity contribution in [3.8, 4) is 11.3 Å². The third-order valence-electron chi connectivity index (χ3n) is 3.21. The van der Waals surface area contributed by atoms with Crippen LogP contribution in [0.4, 0.5) is 0 Å². The molecule has 1 aromatic heterocycles. The molecule has 0 atom stereocenters. The zero-order valence-electron chi connectivity index (χ0n) is 10.3. The Balaban J connectivity index is 1.97. The van der Waals surface area contributed by atoms with Crippen LogP contribution in [0.15, 0.2) is 54.6 Å². The van der Waals surface area contributed by atoms with Gasteiger partial charge in [0.15, 0.2) is 0 Å². The Labute approximate surface area is 107 Å². The fourth-order valence-corrected chi connectivity index (χ4v) is 2.24. The van der Waals surface area contributed by atoms with E-state index in [-0.39, 0.29) is 0 Å². The van der Waals surface area contributed by atoms with Gasteiger partial charge in [0.2, 0.25) is 0 Å². The lowest BCUT2D eigenvalue weighted by molar-refractivity contribution is 0.737. The van der Waals surface area contributed by atoms with E-state index in [0.717, 1.165) is 30.9 Å². The minimum atomic E-state index is 0.951. The molecule has 0 radical (unpaired) electrons. The Hall–Kier alpha value is -1.93. The average molecular weight is 236 g/mol. The monoisotopic (exact) mass is 236 g/mol. The number of hydrogen-bond donors (Lipinski definition) is 1. The second-order valence-corrected chi connectivity index (χ2v) is 4.46. The first-order valence-corrected chi connectivity index (χ1v) is 6.36. The fraction of sp³-hybridized carbons (Fsp3) is 0.188. The fourth-order valence-electron chi connectivity index (χ4n) is 2.24. The van der Waals surface area contributed by atoms with Crippen molar-refractivity contribution < 1.29 is 0 Å². The smallest absolute Gasteiger partial charge is 0.0709 e. The van der Waals surface area contributed by atoms with Crippen LogP contribution in [0.3, 0.4) is 0 Å². The van der Waals surface area contributed by atoms with Crippen LogP contribution in [0.5, 0.6) is 0 Å². The summed E-state index contributed by atoms with van der Waals surface area (Å²) >= 11 is 0. The molecule has 0 unspecified atom stereocenters. The molecular formula is C16H16N2. The molecule has 0 fully saturated rings. The molecule has 0 saturated heterocycles. The molecule has 2 aromatic rings. The first kappa shape index (κ1) is 11.2. The third-order valence-corrected chi connectivity index (χ3v) is 3.21. The highest BCUT2D eigenvalue weighted by molar-refractivity contribution is 5.67. The van der Waals surface area contributed by atoms with E-state index in [9.17, 15) is 0 Å². The standard InChI is InChI=1S/C16H16N2/c1-2-5-13(6-3-1)15-7-4-8-16(18-15)14-9-11-17-12-10-14/h1-9,17H,10-12H2. The van der Waals surface area contributed by atoms with Gasteiger partial charge in [-0.25, -0.2) is 4.98 Å².